The van der Waals surface area contributed by atoms with E-state index >= 15 is 0 Å². The van der Waals surface area contributed by atoms with E-state index in [0.29, 0.717) is 28.0 Å². The van der Waals surface area contributed by atoms with Gasteiger partial charge in [0.05, 0.1) is 37.9 Å². The molecule has 0 radical (unpaired) electrons. The molecule has 3 aromatic carbocycles. The Labute approximate surface area is 190 Å². The van der Waals surface area contributed by atoms with Gasteiger partial charge < -0.3 is 9.47 Å². The number of para-hydroxylation sites is 1. The zero-order chi connectivity index (χ0) is 23.2. The van der Waals surface area contributed by atoms with Gasteiger partial charge in [0, 0.05) is 0 Å². The lowest BCUT2D eigenvalue weighted by Crippen LogP contribution is -2.32. The second-order valence-corrected chi connectivity index (χ2v) is 7.14. The molecule has 0 bridgehead atoms. The van der Waals surface area contributed by atoms with Gasteiger partial charge in [-0.3, -0.25) is 14.2 Å². The molecule has 8 nitrogen and oxygen atoms in total. The van der Waals surface area contributed by atoms with Crippen LogP contribution in [0.1, 0.15) is 21.7 Å². The summed E-state index contributed by atoms with van der Waals surface area (Å²) in [6.07, 6.45) is 1.47. The SMILES string of the molecule is COc1ccc(/C=N\NC(=O)c2nc3ccccc3c(=O)n2Cc2ccccc2)cc1OC. The number of carbonyl (C=O) groups is 1. The minimum absolute atomic E-state index is 0.0213. The summed E-state index contributed by atoms with van der Waals surface area (Å²) in [5.74, 6) is 0.516. The van der Waals surface area contributed by atoms with Crippen molar-refractivity contribution >= 4 is 23.0 Å². The fourth-order valence-corrected chi connectivity index (χ4v) is 3.40. The average Bonchev–Trinajstić information content (AvgIpc) is 2.86. The molecule has 33 heavy (non-hydrogen) atoms. The zero-order valence-electron chi connectivity index (χ0n) is 18.2. The molecule has 0 fully saturated rings. The second-order valence-electron chi connectivity index (χ2n) is 7.14. The largest absolute Gasteiger partial charge is 0.493 e. The van der Waals surface area contributed by atoms with Crippen molar-refractivity contribution in [3.63, 3.8) is 0 Å². The van der Waals surface area contributed by atoms with Crippen LogP contribution in [0.15, 0.2) is 82.7 Å². The third-order valence-electron chi connectivity index (χ3n) is 5.04. The zero-order valence-corrected chi connectivity index (χ0v) is 18.2. The summed E-state index contributed by atoms with van der Waals surface area (Å²) >= 11 is 0. The molecule has 0 aliphatic rings. The molecule has 0 spiro atoms. The number of benzene rings is 3. The molecular formula is C25H22N4O4. The second kappa shape index (κ2) is 9.78. The molecule has 0 aliphatic carbocycles. The number of aromatic nitrogens is 2. The number of nitrogens with zero attached hydrogens (tertiary/aromatic N) is 3. The molecule has 1 N–H and O–H groups in total. The fourth-order valence-electron chi connectivity index (χ4n) is 3.40. The van der Waals surface area contributed by atoms with Crippen molar-refractivity contribution in [1.29, 1.82) is 0 Å². The Balaban J connectivity index is 1.65. The molecule has 0 saturated heterocycles. The Morgan fingerprint density at radius 1 is 1.00 bits per heavy atom. The number of fused-ring (bicyclic) bond motifs is 1. The first-order valence-electron chi connectivity index (χ1n) is 10.2. The van der Waals surface area contributed by atoms with Crippen molar-refractivity contribution in [3.8, 4) is 11.5 Å². The summed E-state index contributed by atoms with van der Waals surface area (Å²) < 4.78 is 11.9. The number of carbonyl (C=O) groups excluding carboxylic acids is 1. The normalized spacial score (nSPS) is 11.0. The predicted molar refractivity (Wildman–Crippen MR) is 126 cm³/mol. The van der Waals surface area contributed by atoms with Crippen molar-refractivity contribution < 1.29 is 14.3 Å². The Morgan fingerprint density at radius 3 is 2.48 bits per heavy atom. The van der Waals surface area contributed by atoms with Gasteiger partial charge in [-0.2, -0.15) is 5.10 Å². The van der Waals surface area contributed by atoms with Crippen LogP contribution in [0.4, 0.5) is 0 Å². The van der Waals surface area contributed by atoms with Gasteiger partial charge in [0.2, 0.25) is 5.82 Å². The number of methoxy groups -OCH3 is 2. The average molecular weight is 442 g/mol. The molecule has 1 heterocycles. The van der Waals surface area contributed by atoms with Crippen molar-refractivity contribution in [1.82, 2.24) is 15.0 Å². The number of ether oxygens (including phenoxy) is 2. The Bertz CT molecular complexity index is 1380. The Kier molecular flexibility index (Phi) is 6.45. The highest BCUT2D eigenvalue weighted by Gasteiger charge is 2.17. The van der Waals surface area contributed by atoms with E-state index in [0.717, 1.165) is 5.56 Å². The molecule has 0 unspecified atom stereocenters. The van der Waals surface area contributed by atoms with Crippen LogP contribution in [0.25, 0.3) is 10.9 Å². The van der Waals surface area contributed by atoms with Crippen molar-refractivity contribution in [2.24, 2.45) is 5.10 Å². The van der Waals surface area contributed by atoms with E-state index in [4.69, 9.17) is 9.47 Å². The van der Waals surface area contributed by atoms with Crippen LogP contribution >= 0.6 is 0 Å². The van der Waals surface area contributed by atoms with Crippen LogP contribution in [0.2, 0.25) is 0 Å². The van der Waals surface area contributed by atoms with E-state index < -0.39 is 5.91 Å². The third-order valence-corrected chi connectivity index (χ3v) is 5.04. The first-order chi connectivity index (χ1) is 16.1. The molecule has 0 atom stereocenters. The summed E-state index contributed by atoms with van der Waals surface area (Å²) in [5, 5.41) is 4.47. The maximum absolute atomic E-state index is 13.2. The standard InChI is InChI=1S/C25H22N4O4/c1-32-21-13-12-18(14-22(21)33-2)15-26-28-24(30)23-27-20-11-7-6-10-19(20)25(31)29(23)16-17-8-4-3-5-9-17/h3-15H,16H2,1-2H3,(H,28,30)/b26-15-. The highest BCUT2D eigenvalue weighted by atomic mass is 16.5. The molecular weight excluding hydrogens is 420 g/mol. The minimum atomic E-state index is -0.592. The lowest BCUT2D eigenvalue weighted by atomic mass is 10.2. The Morgan fingerprint density at radius 2 is 1.73 bits per heavy atom. The number of nitrogens with one attached hydrogen (secondary N) is 1. The topological polar surface area (TPSA) is 94.8 Å². The van der Waals surface area contributed by atoms with Crippen molar-refractivity contribution in [3.05, 3.63) is 100 Å². The van der Waals surface area contributed by atoms with Gasteiger partial charge in [-0.15, -0.1) is 0 Å². The molecule has 4 rings (SSSR count). The number of hydrazone groups is 1. The van der Waals surface area contributed by atoms with Gasteiger partial charge in [0.15, 0.2) is 11.5 Å². The van der Waals surface area contributed by atoms with Crippen molar-refractivity contribution in [2.45, 2.75) is 6.54 Å². The van der Waals surface area contributed by atoms with E-state index in [-0.39, 0.29) is 17.9 Å². The minimum Gasteiger partial charge on any atom is -0.493 e. The monoisotopic (exact) mass is 442 g/mol. The summed E-state index contributed by atoms with van der Waals surface area (Å²) in [4.78, 5) is 30.6. The van der Waals surface area contributed by atoms with Gasteiger partial charge in [-0.05, 0) is 41.5 Å². The van der Waals surface area contributed by atoms with E-state index in [1.54, 1.807) is 49.6 Å². The van der Waals surface area contributed by atoms with Gasteiger partial charge in [0.1, 0.15) is 0 Å². The molecule has 0 saturated carbocycles. The highest BCUT2D eigenvalue weighted by molar-refractivity contribution is 5.93. The van der Waals surface area contributed by atoms with Crippen LogP contribution < -0.4 is 20.5 Å². The third kappa shape index (κ3) is 4.74. The maximum atomic E-state index is 13.2. The molecule has 1 aromatic heterocycles. The highest BCUT2D eigenvalue weighted by Crippen LogP contribution is 2.26. The molecule has 8 heteroatoms. The van der Waals surface area contributed by atoms with Crippen LogP contribution in [-0.4, -0.2) is 35.9 Å². The first-order valence-corrected chi connectivity index (χ1v) is 10.2. The summed E-state index contributed by atoms with van der Waals surface area (Å²) in [6.45, 7) is 0.208. The summed E-state index contributed by atoms with van der Waals surface area (Å²) in [7, 11) is 3.09. The van der Waals surface area contributed by atoms with Crippen LogP contribution in [0.3, 0.4) is 0 Å². The number of hydrogen-bond donors (Lipinski definition) is 1. The lowest BCUT2D eigenvalue weighted by molar-refractivity contribution is 0.0939. The van der Waals surface area contributed by atoms with Crippen LogP contribution in [0, 0.1) is 0 Å². The van der Waals surface area contributed by atoms with Gasteiger partial charge in [-0.1, -0.05) is 42.5 Å². The van der Waals surface area contributed by atoms with E-state index in [1.807, 2.05) is 30.3 Å². The molecule has 1 amide bonds. The number of amides is 1. The predicted octanol–water partition coefficient (Wildman–Crippen LogP) is 3.23. The fraction of sp³-hybridized carbons (Fsp3) is 0.120. The van der Waals surface area contributed by atoms with Crippen LogP contribution in [-0.2, 0) is 6.54 Å². The maximum Gasteiger partial charge on any atom is 0.307 e. The summed E-state index contributed by atoms with van der Waals surface area (Å²) in [6, 6.07) is 21.6. The van der Waals surface area contributed by atoms with E-state index in [2.05, 4.69) is 15.5 Å². The quantitative estimate of drug-likeness (QED) is 0.350. The van der Waals surface area contributed by atoms with Gasteiger partial charge in [0.25, 0.3) is 5.56 Å². The van der Waals surface area contributed by atoms with Gasteiger partial charge in [-0.25, -0.2) is 10.4 Å². The van der Waals surface area contributed by atoms with Crippen molar-refractivity contribution in [2.75, 3.05) is 14.2 Å². The smallest absolute Gasteiger partial charge is 0.307 e. The van der Waals surface area contributed by atoms with E-state index in [1.165, 1.54) is 17.9 Å². The first kappa shape index (κ1) is 21.8. The molecule has 0 aliphatic heterocycles. The Hall–Kier alpha value is -4.46. The summed E-state index contributed by atoms with van der Waals surface area (Å²) in [5.41, 5.74) is 4.19. The molecule has 4 aromatic rings. The van der Waals surface area contributed by atoms with Crippen LogP contribution in [0.5, 0.6) is 11.5 Å². The number of hydrogen-bond acceptors (Lipinski definition) is 6. The van der Waals surface area contributed by atoms with E-state index in [9.17, 15) is 9.59 Å². The number of rotatable bonds is 7. The van der Waals surface area contributed by atoms with Gasteiger partial charge >= 0.3 is 5.91 Å². The lowest BCUT2D eigenvalue weighted by Gasteiger charge is -2.12. The molecule has 166 valence electrons.